The highest BCUT2D eigenvalue weighted by molar-refractivity contribution is 5.36. The van der Waals surface area contributed by atoms with E-state index in [9.17, 15) is 0 Å². The van der Waals surface area contributed by atoms with Gasteiger partial charge in [-0.3, -0.25) is 0 Å². The van der Waals surface area contributed by atoms with Crippen molar-refractivity contribution in [2.75, 3.05) is 47.0 Å². The number of hydrogen-bond acceptors (Lipinski definition) is 4. The Morgan fingerprint density at radius 2 is 1.86 bits per heavy atom. The van der Waals surface area contributed by atoms with Crippen LogP contribution in [0.4, 0.5) is 0 Å². The number of nitrogens with one attached hydrogen (secondary N) is 1. The molecule has 0 aliphatic heterocycles. The van der Waals surface area contributed by atoms with Crippen molar-refractivity contribution in [3.8, 4) is 5.75 Å². The Balaban J connectivity index is 2.70. The highest BCUT2D eigenvalue weighted by Gasteiger charge is 2.15. The summed E-state index contributed by atoms with van der Waals surface area (Å²) in [7, 11) is 3.70. The van der Waals surface area contributed by atoms with Crippen molar-refractivity contribution in [2.24, 2.45) is 0 Å². The molecule has 1 N–H and O–H groups in total. The average molecular weight is 294 g/mol. The predicted octanol–water partition coefficient (Wildman–Crippen LogP) is 2.70. The van der Waals surface area contributed by atoms with E-state index in [0.29, 0.717) is 19.3 Å². The van der Waals surface area contributed by atoms with Gasteiger partial charge in [-0.05, 0) is 39.2 Å². The van der Waals surface area contributed by atoms with Crippen molar-refractivity contribution in [3.63, 3.8) is 0 Å². The Hall–Kier alpha value is -1.10. The minimum Gasteiger partial charge on any atom is -0.491 e. The van der Waals surface area contributed by atoms with Gasteiger partial charge in [0.1, 0.15) is 12.4 Å². The topological polar surface area (TPSA) is 33.7 Å². The molecule has 0 aromatic heterocycles. The van der Waals surface area contributed by atoms with Crippen LogP contribution in [0, 0.1) is 0 Å². The van der Waals surface area contributed by atoms with Gasteiger partial charge in [-0.2, -0.15) is 0 Å². The molecule has 4 nitrogen and oxygen atoms in total. The summed E-state index contributed by atoms with van der Waals surface area (Å²) in [6, 6.07) is 8.57. The second-order valence-electron chi connectivity index (χ2n) is 5.04. The highest BCUT2D eigenvalue weighted by atomic mass is 16.5. The van der Waals surface area contributed by atoms with Crippen LogP contribution in [0.2, 0.25) is 0 Å². The van der Waals surface area contributed by atoms with Gasteiger partial charge in [-0.1, -0.05) is 32.0 Å². The van der Waals surface area contributed by atoms with Gasteiger partial charge in [-0.25, -0.2) is 0 Å². The second-order valence-corrected chi connectivity index (χ2v) is 5.04. The van der Waals surface area contributed by atoms with Crippen molar-refractivity contribution in [1.29, 1.82) is 0 Å². The Bertz CT molecular complexity index is 381. The summed E-state index contributed by atoms with van der Waals surface area (Å²) in [5.74, 6) is 0.952. The lowest BCUT2D eigenvalue weighted by molar-refractivity contribution is 0.145. The molecule has 0 aliphatic carbocycles. The van der Waals surface area contributed by atoms with E-state index in [2.05, 4.69) is 36.2 Å². The van der Waals surface area contributed by atoms with Gasteiger partial charge >= 0.3 is 0 Å². The maximum absolute atomic E-state index is 5.84. The first-order valence-corrected chi connectivity index (χ1v) is 7.87. The summed E-state index contributed by atoms with van der Waals surface area (Å²) >= 11 is 0. The lowest BCUT2D eigenvalue weighted by Gasteiger charge is -2.24. The molecule has 1 aromatic rings. The van der Waals surface area contributed by atoms with Crippen LogP contribution in [0.15, 0.2) is 24.3 Å². The Morgan fingerprint density at radius 1 is 1.14 bits per heavy atom. The number of ether oxygens (including phenoxy) is 2. The van der Waals surface area contributed by atoms with E-state index in [0.717, 1.165) is 31.8 Å². The third kappa shape index (κ3) is 6.04. The van der Waals surface area contributed by atoms with Gasteiger partial charge in [0.25, 0.3) is 0 Å². The van der Waals surface area contributed by atoms with Gasteiger partial charge in [-0.15, -0.1) is 0 Å². The van der Waals surface area contributed by atoms with Crippen LogP contribution < -0.4 is 10.1 Å². The molecule has 0 saturated carbocycles. The van der Waals surface area contributed by atoms with E-state index in [1.165, 1.54) is 5.56 Å². The highest BCUT2D eigenvalue weighted by Crippen LogP contribution is 2.27. The lowest BCUT2D eigenvalue weighted by Crippen LogP contribution is -2.28. The van der Waals surface area contributed by atoms with Crippen molar-refractivity contribution in [1.82, 2.24) is 10.2 Å². The van der Waals surface area contributed by atoms with Crippen LogP contribution in [-0.4, -0.2) is 51.9 Å². The van der Waals surface area contributed by atoms with Crippen LogP contribution in [0.3, 0.4) is 0 Å². The van der Waals surface area contributed by atoms with Crippen LogP contribution in [0.25, 0.3) is 0 Å². The summed E-state index contributed by atoms with van der Waals surface area (Å²) in [6.45, 7) is 8.89. The molecule has 0 amide bonds. The van der Waals surface area contributed by atoms with Gasteiger partial charge in [0.2, 0.25) is 0 Å². The molecule has 0 heterocycles. The summed E-state index contributed by atoms with van der Waals surface area (Å²) in [4.78, 5) is 2.44. The van der Waals surface area contributed by atoms with E-state index in [-0.39, 0.29) is 0 Å². The first-order valence-electron chi connectivity index (χ1n) is 7.87. The molecular formula is C17H30N2O2. The maximum atomic E-state index is 5.84. The van der Waals surface area contributed by atoms with E-state index in [1.807, 2.05) is 19.2 Å². The number of hydrogen-bond donors (Lipinski definition) is 1. The fourth-order valence-corrected chi connectivity index (χ4v) is 2.44. The molecule has 0 aliphatic rings. The van der Waals surface area contributed by atoms with E-state index >= 15 is 0 Å². The van der Waals surface area contributed by atoms with E-state index in [1.54, 1.807) is 7.11 Å². The predicted molar refractivity (Wildman–Crippen MR) is 88.0 cm³/mol. The van der Waals surface area contributed by atoms with Crippen LogP contribution in [0.1, 0.15) is 31.9 Å². The molecule has 0 radical (unpaired) electrons. The summed E-state index contributed by atoms with van der Waals surface area (Å²) in [5.41, 5.74) is 1.23. The zero-order chi connectivity index (χ0) is 15.5. The molecular weight excluding hydrogens is 264 g/mol. The van der Waals surface area contributed by atoms with Gasteiger partial charge < -0.3 is 19.7 Å². The Labute approximate surface area is 129 Å². The van der Waals surface area contributed by atoms with Crippen molar-refractivity contribution < 1.29 is 9.47 Å². The minimum atomic E-state index is 0.310. The normalized spacial score (nSPS) is 12.6. The zero-order valence-electron chi connectivity index (χ0n) is 13.9. The van der Waals surface area contributed by atoms with Crippen molar-refractivity contribution in [3.05, 3.63) is 29.8 Å². The Morgan fingerprint density at radius 3 is 2.48 bits per heavy atom. The summed E-state index contributed by atoms with van der Waals surface area (Å²) in [6.07, 6.45) is 1.07. The first kappa shape index (κ1) is 18.0. The number of methoxy groups -OCH3 is 1. The van der Waals surface area contributed by atoms with Gasteiger partial charge in [0.05, 0.1) is 6.61 Å². The Kier molecular flexibility index (Phi) is 9.06. The minimum absolute atomic E-state index is 0.310. The smallest absolute Gasteiger partial charge is 0.124 e. The number of nitrogens with zero attached hydrogens (tertiary/aromatic N) is 1. The monoisotopic (exact) mass is 294 g/mol. The van der Waals surface area contributed by atoms with Crippen LogP contribution >= 0.6 is 0 Å². The fourth-order valence-electron chi connectivity index (χ4n) is 2.44. The molecule has 4 heteroatoms. The molecule has 21 heavy (non-hydrogen) atoms. The molecule has 1 rings (SSSR count). The van der Waals surface area contributed by atoms with Crippen LogP contribution in [0.5, 0.6) is 5.75 Å². The molecule has 0 spiro atoms. The van der Waals surface area contributed by atoms with E-state index < -0.39 is 0 Å². The lowest BCUT2D eigenvalue weighted by atomic mass is 10.0. The quantitative estimate of drug-likeness (QED) is 0.636. The second kappa shape index (κ2) is 10.6. The molecule has 1 atom stereocenters. The number of rotatable bonds is 11. The number of benzene rings is 1. The third-order valence-electron chi connectivity index (χ3n) is 3.82. The fraction of sp³-hybridized carbons (Fsp3) is 0.647. The summed E-state index contributed by atoms with van der Waals surface area (Å²) < 4.78 is 10.9. The standard InChI is InChI=1S/C17H30N2O2/c1-5-19(6-2)12-11-16(18-3)15-9-7-8-10-17(15)21-14-13-20-4/h7-10,16,18H,5-6,11-14H2,1-4H3. The summed E-state index contributed by atoms with van der Waals surface area (Å²) in [5, 5.41) is 3.41. The van der Waals surface area contributed by atoms with Gasteiger partial charge in [0, 0.05) is 18.7 Å². The first-order chi connectivity index (χ1) is 10.3. The molecule has 0 saturated heterocycles. The molecule has 120 valence electrons. The van der Waals surface area contributed by atoms with E-state index in [4.69, 9.17) is 9.47 Å². The maximum Gasteiger partial charge on any atom is 0.124 e. The SMILES string of the molecule is CCN(CC)CCC(NC)c1ccccc1OCCOC. The average Bonchev–Trinajstić information content (AvgIpc) is 2.53. The third-order valence-corrected chi connectivity index (χ3v) is 3.82. The van der Waals surface area contributed by atoms with Gasteiger partial charge in [0.15, 0.2) is 0 Å². The molecule has 0 bridgehead atoms. The van der Waals surface area contributed by atoms with Crippen molar-refractivity contribution in [2.45, 2.75) is 26.3 Å². The van der Waals surface area contributed by atoms with Crippen molar-refractivity contribution >= 4 is 0 Å². The molecule has 0 fully saturated rings. The largest absolute Gasteiger partial charge is 0.491 e. The number of para-hydroxylation sites is 1. The molecule has 1 unspecified atom stereocenters. The van der Waals surface area contributed by atoms with Crippen LogP contribution in [-0.2, 0) is 4.74 Å². The zero-order valence-corrected chi connectivity index (χ0v) is 13.9. The molecule has 1 aromatic carbocycles.